The lowest BCUT2D eigenvalue weighted by molar-refractivity contribution is -0.156. The van der Waals surface area contributed by atoms with Crippen molar-refractivity contribution in [2.45, 2.75) is 69.1 Å². The Bertz CT molecular complexity index is 846. The zero-order valence-electron chi connectivity index (χ0n) is 18.2. The number of hydrogen-bond donors (Lipinski definition) is 1. The molecule has 1 spiro atoms. The highest BCUT2D eigenvalue weighted by molar-refractivity contribution is 5.81. The van der Waals surface area contributed by atoms with Crippen molar-refractivity contribution < 1.29 is 23.8 Å². The van der Waals surface area contributed by atoms with Gasteiger partial charge in [-0.05, 0) is 63.0 Å². The van der Waals surface area contributed by atoms with E-state index in [-0.39, 0.29) is 37.2 Å². The molecule has 0 aromatic heterocycles. The third-order valence-electron chi connectivity index (χ3n) is 7.55. The Labute approximate surface area is 183 Å². The molecule has 31 heavy (non-hydrogen) atoms. The molecule has 0 unspecified atom stereocenters. The van der Waals surface area contributed by atoms with Crippen molar-refractivity contribution in [3.05, 3.63) is 29.3 Å². The Hall–Kier alpha value is -2.12. The van der Waals surface area contributed by atoms with Crippen LogP contribution in [0.25, 0.3) is 0 Å². The van der Waals surface area contributed by atoms with Crippen molar-refractivity contribution in [2.24, 2.45) is 0 Å². The Kier molecular flexibility index (Phi) is 5.65. The molecule has 1 aromatic carbocycles. The summed E-state index contributed by atoms with van der Waals surface area (Å²) in [5.74, 6) is 1.08. The van der Waals surface area contributed by atoms with Crippen molar-refractivity contribution >= 4 is 11.8 Å². The number of benzene rings is 1. The van der Waals surface area contributed by atoms with Gasteiger partial charge in [0.15, 0.2) is 6.61 Å². The molecule has 7 heteroatoms. The number of nitrogens with one attached hydrogen (secondary N) is 1. The topological polar surface area (TPSA) is 77.1 Å². The van der Waals surface area contributed by atoms with Crippen LogP contribution in [0.4, 0.5) is 0 Å². The molecule has 2 amide bonds. The van der Waals surface area contributed by atoms with Crippen molar-refractivity contribution in [1.29, 1.82) is 0 Å². The van der Waals surface area contributed by atoms with Gasteiger partial charge < -0.3 is 24.4 Å². The van der Waals surface area contributed by atoms with Crippen molar-refractivity contribution in [3.8, 4) is 5.75 Å². The number of amides is 2. The number of nitrogens with zero attached hydrogens (tertiary/aromatic N) is 1. The molecule has 2 saturated heterocycles. The van der Waals surface area contributed by atoms with E-state index in [4.69, 9.17) is 14.2 Å². The summed E-state index contributed by atoms with van der Waals surface area (Å²) < 4.78 is 18.2. The summed E-state index contributed by atoms with van der Waals surface area (Å²) in [6, 6.07) is 5.86. The highest BCUT2D eigenvalue weighted by atomic mass is 16.5. The molecule has 4 aliphatic heterocycles. The summed E-state index contributed by atoms with van der Waals surface area (Å²) in [5.41, 5.74) is 1.88. The fourth-order valence-corrected chi connectivity index (χ4v) is 5.99. The average molecular weight is 429 g/mol. The number of piperidine rings is 1. The van der Waals surface area contributed by atoms with E-state index in [9.17, 15) is 9.59 Å². The number of carbonyl (C=O) groups excluding carboxylic acids is 2. The van der Waals surface area contributed by atoms with Gasteiger partial charge in [0.2, 0.25) is 5.91 Å². The van der Waals surface area contributed by atoms with Gasteiger partial charge in [-0.15, -0.1) is 0 Å². The van der Waals surface area contributed by atoms with E-state index in [1.807, 2.05) is 17.0 Å². The Balaban J connectivity index is 1.47. The number of aryl methyl sites for hydroxylation is 1. The molecule has 4 heterocycles. The van der Waals surface area contributed by atoms with Gasteiger partial charge >= 0.3 is 0 Å². The smallest absolute Gasteiger partial charge is 0.260 e. The molecule has 1 aliphatic carbocycles. The molecule has 0 radical (unpaired) electrons. The van der Waals surface area contributed by atoms with E-state index in [2.05, 4.69) is 18.3 Å². The normalized spacial score (nSPS) is 34.0. The Morgan fingerprint density at radius 2 is 1.97 bits per heavy atom. The minimum absolute atomic E-state index is 0.00597. The molecule has 1 N–H and O–H groups in total. The minimum atomic E-state index is -0.588. The number of ether oxygens (including phenoxy) is 3. The van der Waals surface area contributed by atoms with Crippen LogP contribution in [0.5, 0.6) is 5.75 Å². The third-order valence-corrected chi connectivity index (χ3v) is 7.55. The average Bonchev–Trinajstić information content (AvgIpc) is 2.78. The van der Waals surface area contributed by atoms with E-state index in [1.54, 1.807) is 0 Å². The fourth-order valence-electron chi connectivity index (χ4n) is 5.99. The molecule has 5 aliphatic rings. The first-order valence-corrected chi connectivity index (χ1v) is 11.6. The number of fused-ring (bicyclic) bond motifs is 5. The summed E-state index contributed by atoms with van der Waals surface area (Å²) in [5, 5.41) is 3.16. The first-order valence-electron chi connectivity index (χ1n) is 11.6. The first-order chi connectivity index (χ1) is 15.1. The van der Waals surface area contributed by atoms with Gasteiger partial charge in [0, 0.05) is 12.1 Å². The number of rotatable bonds is 0. The van der Waals surface area contributed by atoms with E-state index in [0.717, 1.165) is 44.3 Å². The van der Waals surface area contributed by atoms with Gasteiger partial charge in [-0.1, -0.05) is 12.1 Å². The van der Waals surface area contributed by atoms with E-state index in [0.29, 0.717) is 25.7 Å². The second kappa shape index (κ2) is 8.43. The predicted octanol–water partition coefficient (Wildman–Crippen LogP) is 2.31. The SMILES string of the molecule is Cc1cccc2c1[C@H]1CC[C@H](CC1)OC[C@H]1N(CCC[C@]13COCC(=O)N3)C(=O)CO2. The van der Waals surface area contributed by atoms with Crippen molar-refractivity contribution in [2.75, 3.05) is 33.0 Å². The summed E-state index contributed by atoms with van der Waals surface area (Å²) in [7, 11) is 0. The predicted molar refractivity (Wildman–Crippen MR) is 114 cm³/mol. The Morgan fingerprint density at radius 3 is 2.77 bits per heavy atom. The maximum Gasteiger partial charge on any atom is 0.260 e. The monoisotopic (exact) mass is 428 g/mol. The lowest BCUT2D eigenvalue weighted by Crippen LogP contribution is -2.72. The maximum atomic E-state index is 13.3. The first kappa shape index (κ1) is 20.8. The molecule has 2 atom stereocenters. The quantitative estimate of drug-likeness (QED) is 0.686. The van der Waals surface area contributed by atoms with Crippen LogP contribution < -0.4 is 10.1 Å². The van der Waals surface area contributed by atoms with Gasteiger partial charge in [0.25, 0.3) is 5.91 Å². The van der Waals surface area contributed by atoms with Crippen LogP contribution in [0, 0.1) is 6.92 Å². The molecule has 168 valence electrons. The summed E-state index contributed by atoms with van der Waals surface area (Å²) >= 11 is 0. The van der Waals surface area contributed by atoms with Gasteiger partial charge in [-0.3, -0.25) is 9.59 Å². The number of morpholine rings is 1. The van der Waals surface area contributed by atoms with Crippen molar-refractivity contribution in [3.63, 3.8) is 0 Å². The molecule has 6 rings (SSSR count). The lowest BCUT2D eigenvalue weighted by Gasteiger charge is -2.51. The van der Waals surface area contributed by atoms with Crippen LogP contribution in [-0.2, 0) is 19.1 Å². The zero-order chi connectivity index (χ0) is 21.4. The van der Waals surface area contributed by atoms with Crippen molar-refractivity contribution in [1.82, 2.24) is 10.2 Å². The van der Waals surface area contributed by atoms with Crippen LogP contribution in [0.1, 0.15) is 55.6 Å². The second-order valence-electron chi connectivity index (χ2n) is 9.49. The maximum absolute atomic E-state index is 13.3. The molecule has 1 aromatic rings. The summed E-state index contributed by atoms with van der Waals surface area (Å²) in [6.07, 6.45) is 5.88. The van der Waals surface area contributed by atoms with Crippen LogP contribution in [0.3, 0.4) is 0 Å². The van der Waals surface area contributed by atoms with E-state index < -0.39 is 5.54 Å². The third kappa shape index (κ3) is 3.94. The highest BCUT2D eigenvalue weighted by Gasteiger charge is 2.49. The lowest BCUT2D eigenvalue weighted by atomic mass is 9.80. The molecule has 2 bridgehead atoms. The second-order valence-corrected chi connectivity index (χ2v) is 9.49. The number of carbonyl (C=O) groups is 2. The van der Waals surface area contributed by atoms with Gasteiger partial charge in [-0.25, -0.2) is 0 Å². The fraction of sp³-hybridized carbons (Fsp3) is 0.667. The minimum Gasteiger partial charge on any atom is -0.483 e. The van der Waals surface area contributed by atoms with E-state index >= 15 is 0 Å². The van der Waals surface area contributed by atoms with E-state index in [1.165, 1.54) is 11.1 Å². The molecular formula is C24H32N2O5. The van der Waals surface area contributed by atoms with Gasteiger partial charge in [0.05, 0.1) is 30.9 Å². The molecule has 1 saturated carbocycles. The number of hydrogen-bond acceptors (Lipinski definition) is 5. The highest BCUT2D eigenvalue weighted by Crippen LogP contribution is 2.41. The standard InChI is InChI=1S/C24H32N2O5/c1-16-4-2-5-19-23(16)17-6-8-18(9-7-17)30-12-20-24(15-29-13-21(27)25-24)10-3-11-26(20)22(28)14-31-19/h2,4-5,17-18,20H,3,6-15H2,1H3,(H,25,27)/t17-,18+,20-,24+/m1/s1. The molecule has 3 fully saturated rings. The van der Waals surface area contributed by atoms with Crippen LogP contribution in [-0.4, -0.2) is 67.4 Å². The largest absolute Gasteiger partial charge is 0.483 e. The zero-order valence-corrected chi connectivity index (χ0v) is 18.2. The summed E-state index contributed by atoms with van der Waals surface area (Å²) in [6.45, 7) is 3.66. The summed E-state index contributed by atoms with van der Waals surface area (Å²) in [4.78, 5) is 27.4. The van der Waals surface area contributed by atoms with Crippen LogP contribution in [0.15, 0.2) is 18.2 Å². The van der Waals surface area contributed by atoms with Gasteiger partial charge in [-0.2, -0.15) is 0 Å². The molecular weight excluding hydrogens is 396 g/mol. The van der Waals surface area contributed by atoms with Gasteiger partial charge in [0.1, 0.15) is 12.4 Å². The van der Waals surface area contributed by atoms with Crippen LogP contribution >= 0.6 is 0 Å². The van der Waals surface area contributed by atoms with Crippen LogP contribution in [0.2, 0.25) is 0 Å². The molecule has 7 nitrogen and oxygen atoms in total. The Morgan fingerprint density at radius 1 is 1.13 bits per heavy atom.